The molecule has 4 rings (SSSR count). The Morgan fingerprint density at radius 1 is 1.00 bits per heavy atom. The van der Waals surface area contributed by atoms with Gasteiger partial charge in [0.25, 0.3) is 0 Å². The van der Waals surface area contributed by atoms with Crippen molar-refractivity contribution in [2.45, 2.75) is 36.7 Å². The minimum absolute atomic E-state index is 0.0474. The number of esters is 1. The summed E-state index contributed by atoms with van der Waals surface area (Å²) in [6.07, 6.45) is 3.20. The summed E-state index contributed by atoms with van der Waals surface area (Å²) in [5.74, 6) is 2.18. The number of carbonyl (C=O) groups is 1. The minimum Gasteiger partial charge on any atom is -0.465 e. The first-order chi connectivity index (χ1) is 14.3. The molecular formula is C25H28O2S2. The maximum Gasteiger partial charge on any atom is 0.314 e. The summed E-state index contributed by atoms with van der Waals surface area (Å²) in [7, 11) is 0. The van der Waals surface area contributed by atoms with Crippen LogP contribution in [0.25, 0.3) is 5.57 Å². The van der Waals surface area contributed by atoms with Crippen LogP contribution in [0.1, 0.15) is 43.2 Å². The third-order valence-electron chi connectivity index (χ3n) is 5.61. The SMILES string of the molecule is CCCCOC(=O)[C@@H]1C(C2SCCCS2)=C(c2ccccc2)[C@H]1c1ccccc1. The minimum atomic E-state index is -0.174. The van der Waals surface area contributed by atoms with Crippen molar-refractivity contribution in [3.05, 3.63) is 77.4 Å². The first kappa shape index (κ1) is 20.6. The number of hydrogen-bond acceptors (Lipinski definition) is 4. The summed E-state index contributed by atoms with van der Waals surface area (Å²) in [5, 5.41) is 0. The molecule has 2 nitrogen and oxygen atoms in total. The molecule has 2 aromatic rings. The van der Waals surface area contributed by atoms with E-state index in [1.807, 2.05) is 29.6 Å². The maximum atomic E-state index is 13.2. The Hall–Kier alpha value is -1.65. The van der Waals surface area contributed by atoms with E-state index in [0.717, 1.165) is 24.3 Å². The lowest BCUT2D eigenvalue weighted by Crippen LogP contribution is -2.39. The van der Waals surface area contributed by atoms with Crippen LogP contribution >= 0.6 is 23.5 Å². The average molecular weight is 425 g/mol. The monoisotopic (exact) mass is 424 g/mol. The van der Waals surface area contributed by atoms with E-state index in [1.165, 1.54) is 28.7 Å². The van der Waals surface area contributed by atoms with E-state index in [1.54, 1.807) is 0 Å². The van der Waals surface area contributed by atoms with E-state index >= 15 is 0 Å². The van der Waals surface area contributed by atoms with Crippen LogP contribution in [0, 0.1) is 5.92 Å². The normalized spacial score (nSPS) is 22.2. The van der Waals surface area contributed by atoms with Crippen molar-refractivity contribution < 1.29 is 9.53 Å². The molecule has 4 heteroatoms. The lowest BCUT2D eigenvalue weighted by Gasteiger charge is -2.45. The second-order valence-electron chi connectivity index (χ2n) is 7.55. The zero-order valence-corrected chi connectivity index (χ0v) is 18.5. The largest absolute Gasteiger partial charge is 0.465 e. The van der Waals surface area contributed by atoms with Gasteiger partial charge < -0.3 is 4.74 Å². The summed E-state index contributed by atoms with van der Waals surface area (Å²) in [6, 6.07) is 21.1. The molecule has 1 aliphatic heterocycles. The van der Waals surface area contributed by atoms with Crippen molar-refractivity contribution in [3.8, 4) is 0 Å². The molecule has 1 fully saturated rings. The van der Waals surface area contributed by atoms with E-state index in [0.29, 0.717) is 11.2 Å². The van der Waals surface area contributed by atoms with Gasteiger partial charge in [0.1, 0.15) is 0 Å². The number of benzene rings is 2. The second-order valence-corrected chi connectivity index (χ2v) is 10.3. The second kappa shape index (κ2) is 9.90. The van der Waals surface area contributed by atoms with Gasteiger partial charge in [0.2, 0.25) is 0 Å². The van der Waals surface area contributed by atoms with Gasteiger partial charge in [0, 0.05) is 5.92 Å². The van der Waals surface area contributed by atoms with E-state index < -0.39 is 0 Å². The molecular weight excluding hydrogens is 396 g/mol. The number of hydrogen-bond donors (Lipinski definition) is 0. The molecule has 0 N–H and O–H groups in total. The van der Waals surface area contributed by atoms with Crippen LogP contribution in [0.4, 0.5) is 0 Å². The van der Waals surface area contributed by atoms with Crippen LogP contribution in [-0.4, -0.2) is 28.7 Å². The molecule has 0 bridgehead atoms. The molecule has 152 valence electrons. The number of unbranched alkanes of at least 4 members (excludes halogenated alkanes) is 1. The Morgan fingerprint density at radius 2 is 1.66 bits per heavy atom. The number of thioether (sulfide) groups is 2. The summed E-state index contributed by atoms with van der Waals surface area (Å²) < 4.78 is 6.10. The molecule has 29 heavy (non-hydrogen) atoms. The van der Waals surface area contributed by atoms with Gasteiger partial charge in [-0.3, -0.25) is 4.79 Å². The van der Waals surface area contributed by atoms with Crippen molar-refractivity contribution in [1.29, 1.82) is 0 Å². The molecule has 0 unspecified atom stereocenters. The van der Waals surface area contributed by atoms with Gasteiger partial charge in [-0.1, -0.05) is 74.0 Å². The highest BCUT2D eigenvalue weighted by Crippen LogP contribution is 2.58. The highest BCUT2D eigenvalue weighted by molar-refractivity contribution is 8.17. The molecule has 0 radical (unpaired) electrons. The van der Waals surface area contributed by atoms with Crippen LogP contribution < -0.4 is 0 Å². The van der Waals surface area contributed by atoms with Crippen LogP contribution in [0.2, 0.25) is 0 Å². The molecule has 1 heterocycles. The number of allylic oxidation sites excluding steroid dienone is 1. The Morgan fingerprint density at radius 3 is 2.31 bits per heavy atom. The molecule has 2 aliphatic rings. The Balaban J connectivity index is 1.76. The number of ether oxygens (including phenoxy) is 1. The Kier molecular flexibility index (Phi) is 7.04. The van der Waals surface area contributed by atoms with Gasteiger partial charge in [0.05, 0.1) is 17.1 Å². The Bertz CT molecular complexity index is 842. The first-order valence-electron chi connectivity index (χ1n) is 10.6. The van der Waals surface area contributed by atoms with Crippen molar-refractivity contribution in [3.63, 3.8) is 0 Å². The average Bonchev–Trinajstić information content (AvgIpc) is 2.76. The highest BCUT2D eigenvalue weighted by Gasteiger charge is 2.49. The van der Waals surface area contributed by atoms with Gasteiger partial charge in [-0.15, -0.1) is 23.5 Å². The predicted octanol–water partition coefficient (Wildman–Crippen LogP) is 6.39. The fourth-order valence-electron chi connectivity index (χ4n) is 4.19. The van der Waals surface area contributed by atoms with E-state index in [-0.39, 0.29) is 17.8 Å². The van der Waals surface area contributed by atoms with Crippen molar-refractivity contribution in [2.24, 2.45) is 5.92 Å². The lowest BCUT2D eigenvalue weighted by atomic mass is 9.63. The molecule has 0 aromatic heterocycles. The number of carbonyl (C=O) groups excluding carboxylic acids is 1. The van der Waals surface area contributed by atoms with E-state index in [9.17, 15) is 4.79 Å². The van der Waals surface area contributed by atoms with Gasteiger partial charge in [-0.2, -0.15) is 0 Å². The maximum absolute atomic E-state index is 13.2. The molecule has 0 saturated carbocycles. The van der Waals surface area contributed by atoms with Crippen molar-refractivity contribution >= 4 is 35.1 Å². The predicted molar refractivity (Wildman–Crippen MR) is 125 cm³/mol. The molecule has 1 aliphatic carbocycles. The zero-order valence-electron chi connectivity index (χ0n) is 16.9. The summed E-state index contributed by atoms with van der Waals surface area (Å²) in [5.41, 5.74) is 5.07. The van der Waals surface area contributed by atoms with Crippen molar-refractivity contribution in [1.82, 2.24) is 0 Å². The Labute approximate surface area is 182 Å². The van der Waals surface area contributed by atoms with Gasteiger partial charge in [-0.05, 0) is 46.6 Å². The molecule has 2 aromatic carbocycles. The smallest absolute Gasteiger partial charge is 0.314 e. The van der Waals surface area contributed by atoms with Gasteiger partial charge >= 0.3 is 5.97 Å². The fraction of sp³-hybridized carbons (Fsp3) is 0.400. The van der Waals surface area contributed by atoms with Crippen LogP contribution in [0.3, 0.4) is 0 Å². The van der Waals surface area contributed by atoms with E-state index in [2.05, 4.69) is 61.5 Å². The van der Waals surface area contributed by atoms with Gasteiger partial charge in [-0.25, -0.2) is 0 Å². The highest BCUT2D eigenvalue weighted by atomic mass is 32.2. The summed E-state index contributed by atoms with van der Waals surface area (Å²) >= 11 is 3.98. The fourth-order valence-corrected chi connectivity index (χ4v) is 7.29. The first-order valence-corrected chi connectivity index (χ1v) is 12.6. The number of rotatable bonds is 7. The summed E-state index contributed by atoms with van der Waals surface area (Å²) in [4.78, 5) is 13.2. The molecule has 0 amide bonds. The van der Waals surface area contributed by atoms with Crippen LogP contribution in [-0.2, 0) is 9.53 Å². The molecule has 0 spiro atoms. The van der Waals surface area contributed by atoms with Gasteiger partial charge in [0.15, 0.2) is 0 Å². The lowest BCUT2D eigenvalue weighted by molar-refractivity contribution is -0.148. The van der Waals surface area contributed by atoms with E-state index in [4.69, 9.17) is 4.74 Å². The molecule has 1 saturated heterocycles. The van der Waals surface area contributed by atoms with Crippen molar-refractivity contribution in [2.75, 3.05) is 18.1 Å². The summed E-state index contributed by atoms with van der Waals surface area (Å²) in [6.45, 7) is 2.64. The quantitative estimate of drug-likeness (QED) is 0.380. The van der Waals surface area contributed by atoms with Crippen LogP contribution in [0.5, 0.6) is 0 Å². The third-order valence-corrected chi connectivity index (χ3v) is 8.59. The van der Waals surface area contributed by atoms with Crippen LogP contribution in [0.15, 0.2) is 66.2 Å². The third kappa shape index (κ3) is 4.44. The molecule has 2 atom stereocenters. The topological polar surface area (TPSA) is 26.3 Å². The standard InChI is InChI=1S/C25H28O2S2/c1-2-3-15-27-24(26)22-20(18-11-6-4-7-12-18)21(19-13-8-5-9-14-19)23(22)25-28-16-10-17-29-25/h4-9,11-14,20,22,25H,2-3,10,15-17H2,1H3/t20-,22+/m1/s1. The zero-order chi connectivity index (χ0) is 20.1.